The van der Waals surface area contributed by atoms with Gasteiger partial charge in [0.2, 0.25) is 0 Å². The van der Waals surface area contributed by atoms with Crippen LogP contribution in [0.2, 0.25) is 0 Å². The summed E-state index contributed by atoms with van der Waals surface area (Å²) in [7, 11) is 0. The van der Waals surface area contributed by atoms with Crippen molar-refractivity contribution >= 4 is 11.9 Å². The molecular formula is C13H11F3N3O2S+. The Morgan fingerprint density at radius 3 is 2.91 bits per heavy atom. The van der Waals surface area contributed by atoms with Gasteiger partial charge in [0.05, 0.1) is 26.8 Å². The third kappa shape index (κ3) is 2.46. The second-order valence-corrected chi connectivity index (χ2v) is 5.24. The van der Waals surface area contributed by atoms with Crippen molar-refractivity contribution in [3.63, 3.8) is 0 Å². The molecule has 0 unspecified atom stereocenters. The molecule has 116 valence electrons. The van der Waals surface area contributed by atoms with Crippen molar-refractivity contribution in [1.82, 2.24) is 14.3 Å². The van der Waals surface area contributed by atoms with Crippen LogP contribution < -0.4 is 9.46 Å². The van der Waals surface area contributed by atoms with E-state index in [1.807, 2.05) is 0 Å². The summed E-state index contributed by atoms with van der Waals surface area (Å²) in [4.78, 5) is 4.23. The highest BCUT2D eigenvalue weighted by Gasteiger charge is 2.33. The summed E-state index contributed by atoms with van der Waals surface area (Å²) in [6, 6.07) is 3.05. The summed E-state index contributed by atoms with van der Waals surface area (Å²) in [5.41, 5.74) is 1.08. The Labute approximate surface area is 127 Å². The van der Waals surface area contributed by atoms with Gasteiger partial charge in [-0.1, -0.05) is 0 Å². The van der Waals surface area contributed by atoms with Crippen LogP contribution in [0.4, 0.5) is 13.2 Å². The lowest BCUT2D eigenvalue weighted by Crippen LogP contribution is -2.19. The Morgan fingerprint density at radius 2 is 2.23 bits per heavy atom. The first-order valence-electron chi connectivity index (χ1n) is 6.36. The summed E-state index contributed by atoms with van der Waals surface area (Å²) in [5.74, 6) is 0.157. The van der Waals surface area contributed by atoms with Gasteiger partial charge in [-0.05, 0) is 29.8 Å². The summed E-state index contributed by atoms with van der Waals surface area (Å²) in [5, 5.41) is 0. The van der Waals surface area contributed by atoms with E-state index in [0.29, 0.717) is 17.1 Å². The maximum atomic E-state index is 12.7. The molecule has 22 heavy (non-hydrogen) atoms. The van der Waals surface area contributed by atoms with Crippen LogP contribution in [0.1, 0.15) is 29.9 Å². The van der Waals surface area contributed by atoms with Gasteiger partial charge in [0, 0.05) is 0 Å². The molecule has 3 rings (SSSR count). The fraction of sp³-hybridized carbons (Fsp3) is 0.308. The van der Waals surface area contributed by atoms with E-state index in [-0.39, 0.29) is 30.3 Å². The molecule has 2 aromatic rings. The number of alkyl halides is 3. The fourth-order valence-corrected chi connectivity index (χ4v) is 2.64. The third-order valence-electron chi connectivity index (χ3n) is 3.44. The summed E-state index contributed by atoms with van der Waals surface area (Å²) < 4.78 is 58.5. The van der Waals surface area contributed by atoms with Crippen LogP contribution in [-0.2, 0) is 28.8 Å². The predicted octanol–water partition coefficient (Wildman–Crippen LogP) is 2.78. The summed E-state index contributed by atoms with van der Waals surface area (Å²) in [6.45, 7) is 1.87. The molecule has 1 aliphatic heterocycles. The number of aromatic nitrogens is 2. The zero-order valence-electron chi connectivity index (χ0n) is 11.3. The van der Waals surface area contributed by atoms with Crippen molar-refractivity contribution < 1.29 is 22.1 Å². The topological polar surface area (TPSA) is 56.2 Å². The lowest BCUT2D eigenvalue weighted by Gasteiger charge is -2.22. The average molecular weight is 330 g/mol. The van der Waals surface area contributed by atoms with Crippen molar-refractivity contribution in [3.05, 3.63) is 41.5 Å². The molecule has 0 saturated carbocycles. The number of imidazole rings is 1. The van der Waals surface area contributed by atoms with E-state index in [1.54, 1.807) is 11.5 Å². The average Bonchev–Trinajstić information content (AvgIpc) is 2.90. The number of nitrogens with one attached hydrogen (secondary N) is 1. The molecule has 1 aliphatic rings. The first-order chi connectivity index (χ1) is 10.4. The highest BCUT2D eigenvalue weighted by molar-refractivity contribution is 7.63. The molecule has 0 fully saturated rings. The third-order valence-corrected chi connectivity index (χ3v) is 3.89. The molecule has 0 bridgehead atoms. The van der Waals surface area contributed by atoms with Crippen LogP contribution in [0, 0.1) is 0 Å². The highest BCUT2D eigenvalue weighted by atomic mass is 32.2. The van der Waals surface area contributed by atoms with E-state index in [1.165, 1.54) is 12.4 Å². The Bertz CT molecular complexity index is 730. The quantitative estimate of drug-likeness (QED) is 0.695. The largest absolute Gasteiger partial charge is 0.588 e. The normalized spacial score (nSPS) is 14.7. The van der Waals surface area contributed by atoms with Crippen LogP contribution >= 0.6 is 0 Å². The maximum Gasteiger partial charge on any atom is 0.588 e. The van der Waals surface area contributed by atoms with E-state index in [2.05, 4.69) is 9.71 Å². The van der Waals surface area contributed by atoms with E-state index in [9.17, 15) is 17.4 Å². The lowest BCUT2D eigenvalue weighted by atomic mass is 10.1. The van der Waals surface area contributed by atoms with Gasteiger partial charge in [0.15, 0.2) is 0 Å². The molecule has 9 heteroatoms. The van der Waals surface area contributed by atoms with Crippen molar-refractivity contribution in [1.29, 1.82) is 0 Å². The number of halogens is 3. The second kappa shape index (κ2) is 5.33. The minimum atomic E-state index is -4.41. The number of nitrogens with zero attached hydrogens (tertiary/aromatic N) is 2. The van der Waals surface area contributed by atoms with Gasteiger partial charge >= 0.3 is 18.0 Å². The standard InChI is InChI=1S/C13H11F3N3O2S/c1-7(18-22-20)12-10-5-21-11-4-8(13(14,15)16)2-3-9(11)19(10)6-17-12/h2-4,6-7H,5H2,1H3,(H,18,20)/q+1/t7-/m0/s1. The second-order valence-electron chi connectivity index (χ2n) is 4.84. The van der Waals surface area contributed by atoms with Gasteiger partial charge in [-0.2, -0.15) is 13.2 Å². The van der Waals surface area contributed by atoms with Gasteiger partial charge in [-0.15, -0.1) is 0 Å². The number of hydrogen-bond acceptors (Lipinski definition) is 3. The zero-order chi connectivity index (χ0) is 15.9. The van der Waals surface area contributed by atoms with Crippen molar-refractivity contribution in [2.75, 3.05) is 0 Å². The molecule has 1 aromatic heterocycles. The first-order valence-corrected chi connectivity index (χ1v) is 7.11. The number of fused-ring (bicyclic) bond motifs is 3. The van der Waals surface area contributed by atoms with Crippen molar-refractivity contribution in [2.24, 2.45) is 0 Å². The number of rotatable bonds is 3. The van der Waals surface area contributed by atoms with E-state index in [0.717, 1.165) is 12.1 Å². The molecule has 1 aromatic carbocycles. The van der Waals surface area contributed by atoms with Gasteiger partial charge < -0.3 is 4.74 Å². The van der Waals surface area contributed by atoms with Gasteiger partial charge in [0.25, 0.3) is 0 Å². The lowest BCUT2D eigenvalue weighted by molar-refractivity contribution is -0.137. The van der Waals surface area contributed by atoms with Crippen LogP contribution in [0.5, 0.6) is 5.75 Å². The Kier molecular flexibility index (Phi) is 3.61. The minimum Gasteiger partial charge on any atom is -0.485 e. The number of ether oxygens (including phenoxy) is 1. The van der Waals surface area contributed by atoms with Crippen LogP contribution in [0.3, 0.4) is 0 Å². The van der Waals surface area contributed by atoms with E-state index < -0.39 is 11.7 Å². The van der Waals surface area contributed by atoms with Crippen molar-refractivity contribution in [3.8, 4) is 11.4 Å². The van der Waals surface area contributed by atoms with Crippen LogP contribution in [-0.4, -0.2) is 9.55 Å². The molecule has 0 radical (unpaired) electrons. The fourth-order valence-electron chi connectivity index (χ4n) is 2.38. The monoisotopic (exact) mass is 330 g/mol. The molecule has 0 spiro atoms. The maximum absolute atomic E-state index is 12.7. The SMILES string of the molecule is C[C@H](N[S+]=O)c1ncn2c1COc1cc(C(F)(F)F)ccc1-2. The zero-order valence-corrected chi connectivity index (χ0v) is 12.2. The van der Waals surface area contributed by atoms with Crippen molar-refractivity contribution in [2.45, 2.75) is 25.7 Å². The molecular weight excluding hydrogens is 319 g/mol. The summed E-state index contributed by atoms with van der Waals surface area (Å²) in [6.07, 6.45) is -2.89. The minimum absolute atomic E-state index is 0.0964. The highest BCUT2D eigenvalue weighted by Crippen LogP contribution is 2.37. The van der Waals surface area contributed by atoms with Gasteiger partial charge in [0.1, 0.15) is 24.7 Å². The molecule has 2 heterocycles. The Balaban J connectivity index is 2.03. The molecule has 5 nitrogen and oxygen atoms in total. The van der Waals surface area contributed by atoms with Gasteiger partial charge in [-0.3, -0.25) is 4.57 Å². The number of hydrogen-bond donors (Lipinski definition) is 1. The Hall–Kier alpha value is -2.00. The van der Waals surface area contributed by atoms with Gasteiger partial charge in [-0.25, -0.2) is 4.98 Å². The van der Waals surface area contributed by atoms with E-state index in [4.69, 9.17) is 4.74 Å². The Morgan fingerprint density at radius 1 is 1.45 bits per heavy atom. The number of benzene rings is 1. The van der Waals surface area contributed by atoms with E-state index >= 15 is 0 Å². The molecule has 1 atom stereocenters. The molecule has 0 saturated heterocycles. The summed E-state index contributed by atoms with van der Waals surface area (Å²) >= 11 is 0.234. The van der Waals surface area contributed by atoms with Crippen LogP contribution in [0.25, 0.3) is 5.69 Å². The van der Waals surface area contributed by atoms with Crippen LogP contribution in [0.15, 0.2) is 24.5 Å². The molecule has 1 N–H and O–H groups in total. The molecule has 0 amide bonds. The predicted molar refractivity (Wildman–Crippen MR) is 72.5 cm³/mol. The first kappa shape index (κ1) is 14.9. The molecule has 0 aliphatic carbocycles. The smallest absolute Gasteiger partial charge is 0.485 e.